The van der Waals surface area contributed by atoms with Crippen LogP contribution in [-0.2, 0) is 10.8 Å². The molecule has 10 rings (SSSR count). The lowest BCUT2D eigenvalue weighted by Crippen LogP contribution is -2.10. The summed E-state index contributed by atoms with van der Waals surface area (Å²) in [5, 5.41) is 7.97. The second-order valence-corrected chi connectivity index (χ2v) is 17.8. The van der Waals surface area contributed by atoms with E-state index in [2.05, 4.69) is 196 Å². The van der Waals surface area contributed by atoms with Crippen molar-refractivity contribution in [2.75, 3.05) is 0 Å². The Morgan fingerprint density at radius 1 is 0.377 bits per heavy atom. The Kier molecular flexibility index (Phi) is 6.91. The second kappa shape index (κ2) is 11.4. The van der Waals surface area contributed by atoms with E-state index in [1.165, 1.54) is 97.4 Å². The van der Waals surface area contributed by atoms with Crippen molar-refractivity contribution in [2.45, 2.75) is 52.4 Å². The maximum absolute atomic E-state index is 2.44. The third-order valence-corrected chi connectivity index (χ3v) is 12.4. The molecule has 0 bridgehead atoms. The van der Waals surface area contributed by atoms with Crippen LogP contribution in [0.1, 0.15) is 52.7 Å². The lowest BCUT2D eigenvalue weighted by Gasteiger charge is -2.19. The van der Waals surface area contributed by atoms with E-state index in [1.807, 2.05) is 11.3 Å². The molecule has 0 fully saturated rings. The molecule has 2 nitrogen and oxygen atoms in total. The van der Waals surface area contributed by atoms with Crippen LogP contribution in [0.3, 0.4) is 0 Å². The van der Waals surface area contributed by atoms with Gasteiger partial charge in [-0.25, -0.2) is 0 Å². The van der Waals surface area contributed by atoms with Gasteiger partial charge >= 0.3 is 0 Å². The highest BCUT2D eigenvalue weighted by Crippen LogP contribution is 2.44. The van der Waals surface area contributed by atoms with Crippen molar-refractivity contribution >= 4 is 75.1 Å². The van der Waals surface area contributed by atoms with E-state index < -0.39 is 0 Å². The first-order valence-corrected chi connectivity index (χ1v) is 19.5. The average molecular weight is 703 g/mol. The summed E-state index contributed by atoms with van der Waals surface area (Å²) in [6, 6.07) is 54.5. The van der Waals surface area contributed by atoms with Gasteiger partial charge in [-0.1, -0.05) is 114 Å². The molecule has 0 unspecified atom stereocenters. The van der Waals surface area contributed by atoms with Crippen molar-refractivity contribution in [1.29, 1.82) is 0 Å². The Balaban J connectivity index is 1.06. The van der Waals surface area contributed by atoms with Gasteiger partial charge in [0.1, 0.15) is 0 Å². The van der Waals surface area contributed by atoms with E-state index in [-0.39, 0.29) is 10.8 Å². The molecule has 3 aromatic heterocycles. The monoisotopic (exact) mass is 702 g/mol. The van der Waals surface area contributed by atoms with Gasteiger partial charge in [-0.15, -0.1) is 11.3 Å². The number of hydrogen-bond acceptors (Lipinski definition) is 1. The van der Waals surface area contributed by atoms with Crippen LogP contribution < -0.4 is 0 Å². The molecule has 3 heteroatoms. The smallest absolute Gasteiger partial charge is 0.0548 e. The number of hydrogen-bond donors (Lipinski definition) is 0. The average Bonchev–Trinajstić information content (AvgIpc) is 3.81. The van der Waals surface area contributed by atoms with Crippen molar-refractivity contribution < 1.29 is 0 Å². The Labute approximate surface area is 314 Å². The first-order valence-electron chi connectivity index (χ1n) is 18.7. The summed E-state index contributed by atoms with van der Waals surface area (Å²) in [5.74, 6) is 0. The van der Waals surface area contributed by atoms with E-state index in [1.54, 1.807) is 0 Å². The van der Waals surface area contributed by atoms with E-state index in [4.69, 9.17) is 0 Å². The zero-order valence-corrected chi connectivity index (χ0v) is 32.0. The molecule has 10 aromatic rings. The Hall–Kier alpha value is -5.64. The predicted octanol–water partition coefficient (Wildman–Crippen LogP) is 14.5. The lowest BCUT2D eigenvalue weighted by molar-refractivity contribution is 0.590. The molecule has 0 aliphatic rings. The van der Waals surface area contributed by atoms with E-state index >= 15 is 0 Å². The van der Waals surface area contributed by atoms with Gasteiger partial charge in [-0.05, 0) is 106 Å². The van der Waals surface area contributed by atoms with Gasteiger partial charge in [0.15, 0.2) is 0 Å². The highest BCUT2D eigenvalue weighted by atomic mass is 32.1. The minimum absolute atomic E-state index is 0.0778. The fraction of sp³-hybridized carbons (Fsp3) is 0.160. The van der Waals surface area contributed by atoms with Gasteiger partial charge in [0.05, 0.1) is 22.1 Å². The molecule has 0 aliphatic carbocycles. The lowest BCUT2D eigenvalue weighted by atomic mass is 9.85. The molecule has 0 aliphatic heterocycles. The molecule has 0 spiro atoms. The molecule has 0 N–H and O–H groups in total. The van der Waals surface area contributed by atoms with E-state index in [9.17, 15) is 0 Å². The van der Waals surface area contributed by atoms with Crippen molar-refractivity contribution in [2.24, 2.45) is 0 Å². The highest BCUT2D eigenvalue weighted by molar-refractivity contribution is 7.26. The number of thiophene rings is 1. The summed E-state index contributed by atoms with van der Waals surface area (Å²) in [6.07, 6.45) is 0. The van der Waals surface area contributed by atoms with Crippen molar-refractivity contribution in [1.82, 2.24) is 9.13 Å². The number of aromatic nitrogens is 2. The zero-order chi connectivity index (χ0) is 36.2. The molecule has 7 aromatic carbocycles. The predicted molar refractivity (Wildman–Crippen MR) is 231 cm³/mol. The normalized spacial score (nSPS) is 12.7. The summed E-state index contributed by atoms with van der Waals surface area (Å²) in [7, 11) is 0. The molecule has 3 heterocycles. The summed E-state index contributed by atoms with van der Waals surface area (Å²) >= 11 is 1.88. The molecular formula is C50H42N2S. The van der Waals surface area contributed by atoms with Crippen molar-refractivity contribution in [3.05, 3.63) is 157 Å². The third kappa shape index (κ3) is 4.98. The van der Waals surface area contributed by atoms with Crippen LogP contribution in [0.25, 0.3) is 86.3 Å². The molecular weight excluding hydrogens is 661 g/mol. The number of rotatable bonds is 3. The first kappa shape index (κ1) is 32.0. The molecule has 53 heavy (non-hydrogen) atoms. The Morgan fingerprint density at radius 2 is 0.849 bits per heavy atom. The molecule has 0 radical (unpaired) electrons. The van der Waals surface area contributed by atoms with Gasteiger partial charge < -0.3 is 9.13 Å². The molecule has 0 saturated heterocycles. The summed E-state index contributed by atoms with van der Waals surface area (Å²) in [6.45, 7) is 13.8. The Bertz CT molecular complexity index is 2970. The zero-order valence-electron chi connectivity index (χ0n) is 31.2. The summed E-state index contributed by atoms with van der Waals surface area (Å²) < 4.78 is 7.55. The Morgan fingerprint density at radius 3 is 1.42 bits per heavy atom. The van der Waals surface area contributed by atoms with Gasteiger partial charge in [0, 0.05) is 53.1 Å². The highest BCUT2D eigenvalue weighted by Gasteiger charge is 2.21. The quantitative estimate of drug-likeness (QED) is 0.173. The number of fused-ring (bicyclic) bond motifs is 10. The number of nitrogens with zero attached hydrogens (tertiary/aromatic N) is 2. The topological polar surface area (TPSA) is 9.86 Å². The minimum Gasteiger partial charge on any atom is -0.309 e. The number of para-hydroxylation sites is 1. The first-order chi connectivity index (χ1) is 25.5. The molecule has 0 amide bonds. The van der Waals surface area contributed by atoms with Gasteiger partial charge in [-0.3, -0.25) is 0 Å². The van der Waals surface area contributed by atoms with Crippen LogP contribution >= 0.6 is 11.3 Å². The number of benzene rings is 7. The summed E-state index contributed by atoms with van der Waals surface area (Å²) in [5.41, 5.74) is 12.6. The van der Waals surface area contributed by atoms with E-state index in [0.717, 1.165) is 0 Å². The third-order valence-electron chi connectivity index (χ3n) is 11.3. The van der Waals surface area contributed by atoms with Crippen LogP contribution in [-0.4, -0.2) is 9.13 Å². The largest absolute Gasteiger partial charge is 0.309 e. The van der Waals surface area contributed by atoms with Crippen LogP contribution in [0.4, 0.5) is 0 Å². The maximum atomic E-state index is 2.44. The standard InChI is InChI=1S/C50H42N2S/c1-49(2,3)33-19-25-42-39(29-33)40-30-34(50(4,5)6)20-26-43(40)51(42)35-21-15-31(16-22-35)32-17-23-36(24-18-32)52-41-13-9-7-11-37(41)47-44(52)27-28-46-48(47)38-12-8-10-14-45(38)53-46/h7-30H,1-6H3. The summed E-state index contributed by atoms with van der Waals surface area (Å²) in [4.78, 5) is 0. The fourth-order valence-corrected chi connectivity index (χ4v) is 9.51. The second-order valence-electron chi connectivity index (χ2n) is 16.7. The van der Waals surface area contributed by atoms with Crippen LogP contribution in [0.5, 0.6) is 0 Å². The molecule has 0 saturated carbocycles. The molecule has 258 valence electrons. The van der Waals surface area contributed by atoms with Crippen LogP contribution in [0.15, 0.2) is 146 Å². The minimum atomic E-state index is 0.0778. The SMILES string of the molecule is CC(C)(C)c1ccc2c(c1)c1cc(C(C)(C)C)ccc1n2-c1ccc(-c2ccc(-n3c4ccccc4c4c5c(ccc43)sc3ccccc35)cc2)cc1. The maximum Gasteiger partial charge on any atom is 0.0548 e. The van der Waals surface area contributed by atoms with Crippen molar-refractivity contribution in [3.63, 3.8) is 0 Å². The van der Waals surface area contributed by atoms with Crippen LogP contribution in [0, 0.1) is 0 Å². The van der Waals surface area contributed by atoms with Gasteiger partial charge in [0.2, 0.25) is 0 Å². The van der Waals surface area contributed by atoms with E-state index in [0.29, 0.717) is 0 Å². The fourth-order valence-electron chi connectivity index (χ4n) is 8.39. The van der Waals surface area contributed by atoms with Gasteiger partial charge in [0.25, 0.3) is 0 Å². The molecule has 0 atom stereocenters. The van der Waals surface area contributed by atoms with Crippen molar-refractivity contribution in [3.8, 4) is 22.5 Å². The van der Waals surface area contributed by atoms with Crippen LogP contribution in [0.2, 0.25) is 0 Å². The van der Waals surface area contributed by atoms with Gasteiger partial charge in [-0.2, -0.15) is 0 Å².